The second kappa shape index (κ2) is 12.7. The van der Waals surface area contributed by atoms with Gasteiger partial charge in [0.05, 0.1) is 17.9 Å². The summed E-state index contributed by atoms with van der Waals surface area (Å²) in [6.45, 7) is 1.52. The number of halogens is 4. The minimum absolute atomic E-state index is 0.0213. The number of hydrogen-bond acceptors (Lipinski definition) is 7. The van der Waals surface area contributed by atoms with Crippen molar-refractivity contribution in [1.29, 1.82) is 0 Å². The van der Waals surface area contributed by atoms with E-state index in [1.54, 1.807) is 35.2 Å². The van der Waals surface area contributed by atoms with Crippen molar-refractivity contribution in [2.45, 2.75) is 44.0 Å². The average molecular weight is 639 g/mol. The number of piperidine rings is 1. The van der Waals surface area contributed by atoms with Crippen LogP contribution in [0.1, 0.15) is 48.1 Å². The van der Waals surface area contributed by atoms with Crippen LogP contribution in [0.25, 0.3) is 0 Å². The number of aromatic nitrogens is 1. The van der Waals surface area contributed by atoms with Crippen molar-refractivity contribution < 1.29 is 45.4 Å². The van der Waals surface area contributed by atoms with Gasteiger partial charge in [0.1, 0.15) is 22.9 Å². The van der Waals surface area contributed by atoms with Crippen LogP contribution in [0.15, 0.2) is 60.7 Å². The van der Waals surface area contributed by atoms with Gasteiger partial charge in [-0.2, -0.15) is 13.2 Å². The summed E-state index contributed by atoms with van der Waals surface area (Å²) in [4.78, 5) is 30.0. The number of anilines is 2. The maximum Gasteiger partial charge on any atom is 0.506 e. The molecular weight excluding hydrogens is 608 g/mol. The summed E-state index contributed by atoms with van der Waals surface area (Å²) in [6, 6.07) is 14.3. The van der Waals surface area contributed by atoms with Crippen LogP contribution in [0.5, 0.6) is 0 Å². The molecule has 1 amide bonds. The van der Waals surface area contributed by atoms with Crippen molar-refractivity contribution >= 4 is 33.6 Å². The van der Waals surface area contributed by atoms with Crippen molar-refractivity contribution in [3.05, 3.63) is 88.9 Å². The number of carbonyl (C=O) groups is 2. The summed E-state index contributed by atoms with van der Waals surface area (Å²) in [5.74, 6) is -2.36. The van der Waals surface area contributed by atoms with E-state index in [0.717, 1.165) is 18.4 Å². The van der Waals surface area contributed by atoms with Crippen molar-refractivity contribution in [2.24, 2.45) is 0 Å². The fraction of sp³-hybridized carbons (Fsp3) is 0.345. The van der Waals surface area contributed by atoms with Gasteiger partial charge in [-0.1, -0.05) is 42.5 Å². The number of benzene rings is 2. The smallest absolute Gasteiger partial charge is 0.450 e. The third-order valence-corrected chi connectivity index (χ3v) is 7.93. The zero-order valence-electron chi connectivity index (χ0n) is 23.7. The summed E-state index contributed by atoms with van der Waals surface area (Å²) in [5.41, 5.74) is -1.46. The van der Waals surface area contributed by atoms with Gasteiger partial charge in [0, 0.05) is 38.0 Å². The number of nitrogens with one attached hydrogen (secondary N) is 2. The highest BCUT2D eigenvalue weighted by Crippen LogP contribution is 2.39. The first-order valence-electron chi connectivity index (χ1n) is 13.4. The number of rotatable bonds is 9. The number of pyridine rings is 1. The molecule has 0 bridgehead atoms. The average Bonchev–Trinajstić information content (AvgIpc) is 2.96. The number of alkyl halides is 3. The van der Waals surface area contributed by atoms with E-state index in [9.17, 15) is 40.7 Å². The first-order chi connectivity index (χ1) is 20.6. The molecule has 44 heavy (non-hydrogen) atoms. The second-order valence-electron chi connectivity index (χ2n) is 10.4. The zero-order valence-corrected chi connectivity index (χ0v) is 24.5. The van der Waals surface area contributed by atoms with E-state index in [4.69, 9.17) is 4.74 Å². The molecule has 0 radical (unpaired) electrons. The molecule has 2 aromatic carbocycles. The molecule has 1 unspecified atom stereocenters. The third-order valence-electron chi connectivity index (χ3n) is 7.33. The summed E-state index contributed by atoms with van der Waals surface area (Å²) in [5, 5.41) is 12.1. The molecule has 1 aromatic heterocycles. The van der Waals surface area contributed by atoms with Crippen molar-refractivity contribution in [2.75, 3.05) is 29.0 Å². The van der Waals surface area contributed by atoms with Gasteiger partial charge in [0.15, 0.2) is 0 Å². The lowest BCUT2D eigenvalue weighted by Crippen LogP contribution is -2.46. The van der Waals surface area contributed by atoms with E-state index in [1.165, 1.54) is 25.1 Å². The Balaban J connectivity index is 1.53. The highest BCUT2D eigenvalue weighted by atomic mass is 32.2. The number of nitrogens with zero attached hydrogens (tertiary/aromatic N) is 2. The molecule has 1 aliphatic heterocycles. The molecule has 1 fully saturated rings. The molecule has 15 heteroatoms. The lowest BCUT2D eigenvalue weighted by Gasteiger charge is -2.41. The van der Waals surface area contributed by atoms with Gasteiger partial charge < -0.3 is 20.1 Å². The molecule has 1 aliphatic rings. The normalized spacial score (nSPS) is 15.7. The van der Waals surface area contributed by atoms with Gasteiger partial charge in [0.2, 0.25) is 15.9 Å². The number of ether oxygens (including phenoxy) is 1. The van der Waals surface area contributed by atoms with Crippen LogP contribution < -0.4 is 14.9 Å². The Hall–Kier alpha value is -4.40. The Kier molecular flexibility index (Phi) is 9.37. The van der Waals surface area contributed by atoms with Crippen LogP contribution in [-0.2, 0) is 37.9 Å². The van der Waals surface area contributed by atoms with E-state index < -0.39 is 51.3 Å². The van der Waals surface area contributed by atoms with Gasteiger partial charge in [-0.15, -0.1) is 0 Å². The van der Waals surface area contributed by atoms with E-state index in [2.05, 4.69) is 10.3 Å². The van der Waals surface area contributed by atoms with E-state index in [-0.39, 0.29) is 55.1 Å². The van der Waals surface area contributed by atoms with E-state index in [0.29, 0.717) is 5.56 Å². The number of amides is 1. The molecule has 236 valence electrons. The largest absolute Gasteiger partial charge is 0.506 e. The van der Waals surface area contributed by atoms with Crippen molar-refractivity contribution in [1.82, 2.24) is 10.3 Å². The molecule has 0 aliphatic carbocycles. The molecule has 2 heterocycles. The Bertz CT molecular complexity index is 1630. The Morgan fingerprint density at radius 2 is 1.75 bits per heavy atom. The van der Waals surface area contributed by atoms with Crippen LogP contribution >= 0.6 is 0 Å². The van der Waals surface area contributed by atoms with Crippen LogP contribution in [0, 0.1) is 5.82 Å². The molecule has 1 atom stereocenters. The van der Waals surface area contributed by atoms with Crippen molar-refractivity contribution in [3.63, 3.8) is 0 Å². The lowest BCUT2D eigenvalue weighted by molar-refractivity contribution is -0.141. The maximum absolute atomic E-state index is 14.5. The molecular formula is C29H30F4N4O6S. The Morgan fingerprint density at radius 1 is 1.09 bits per heavy atom. The van der Waals surface area contributed by atoms with E-state index >= 15 is 0 Å². The Morgan fingerprint density at radius 3 is 2.32 bits per heavy atom. The molecule has 10 nitrogen and oxygen atoms in total. The predicted octanol–water partition coefficient (Wildman–Crippen LogP) is 5.22. The summed E-state index contributed by atoms with van der Waals surface area (Å²) in [6.07, 6.45) is -5.06. The van der Waals surface area contributed by atoms with Crippen LogP contribution in [-0.4, -0.2) is 49.9 Å². The number of carbonyl (C=O) groups excluding carboxylic acids is 1. The van der Waals surface area contributed by atoms with Crippen LogP contribution in [0.3, 0.4) is 0 Å². The van der Waals surface area contributed by atoms with Gasteiger partial charge in [-0.25, -0.2) is 22.6 Å². The summed E-state index contributed by atoms with van der Waals surface area (Å²) < 4.78 is 85.5. The molecule has 0 spiro atoms. The molecule has 4 rings (SSSR count). The number of carboxylic acid groups (broad SMARTS) is 1. The fourth-order valence-corrected chi connectivity index (χ4v) is 5.62. The van der Waals surface area contributed by atoms with Gasteiger partial charge in [-0.05, 0) is 36.2 Å². The molecule has 3 aromatic rings. The first kappa shape index (κ1) is 32.5. The minimum atomic E-state index is -4.73. The fourth-order valence-electron chi connectivity index (χ4n) is 5.06. The van der Waals surface area contributed by atoms with Crippen LogP contribution in [0.4, 0.5) is 33.9 Å². The monoisotopic (exact) mass is 638 g/mol. The van der Waals surface area contributed by atoms with Crippen molar-refractivity contribution in [3.8, 4) is 0 Å². The topological polar surface area (TPSA) is 138 Å². The molecule has 1 saturated heterocycles. The van der Waals surface area contributed by atoms with Crippen LogP contribution in [0.2, 0.25) is 0 Å². The zero-order chi connectivity index (χ0) is 32.3. The Labute approximate surface area is 251 Å². The number of hydrogen-bond donors (Lipinski definition) is 3. The standard InChI is InChI=1S/C29H30F4N4O6S/c1-18(19-8-10-23(22(30)16-19)36-44(2,41)42)26(38)34-17-20-9-11-24(29(31,32)33)35-25(20)37-14-12-28(13-15-37,43-27(39)40)21-6-4-3-5-7-21/h3-11,16,18,36H,12-15,17H2,1-2H3,(H,34,38)(H,39,40). The molecule has 3 N–H and O–H groups in total. The highest BCUT2D eigenvalue weighted by Gasteiger charge is 2.41. The quantitative estimate of drug-likeness (QED) is 0.214. The SMILES string of the molecule is CC(C(=O)NCc1ccc(C(F)(F)F)nc1N1CCC(OC(=O)O)(c2ccccc2)CC1)c1ccc(NS(C)(=O)=O)c(F)c1. The lowest BCUT2D eigenvalue weighted by atomic mass is 9.84. The third kappa shape index (κ3) is 7.75. The molecule has 0 saturated carbocycles. The highest BCUT2D eigenvalue weighted by molar-refractivity contribution is 7.92. The maximum atomic E-state index is 14.5. The van der Waals surface area contributed by atoms with E-state index in [1.807, 2.05) is 4.72 Å². The second-order valence-corrected chi connectivity index (χ2v) is 12.2. The number of sulfonamides is 1. The summed E-state index contributed by atoms with van der Waals surface area (Å²) >= 11 is 0. The van der Waals surface area contributed by atoms with Gasteiger partial charge >= 0.3 is 12.3 Å². The summed E-state index contributed by atoms with van der Waals surface area (Å²) in [7, 11) is -3.72. The van der Waals surface area contributed by atoms with Gasteiger partial charge in [0.25, 0.3) is 0 Å². The predicted molar refractivity (Wildman–Crippen MR) is 153 cm³/mol. The minimum Gasteiger partial charge on any atom is -0.450 e. The first-order valence-corrected chi connectivity index (χ1v) is 15.3. The van der Waals surface area contributed by atoms with Gasteiger partial charge in [-0.3, -0.25) is 9.52 Å².